The van der Waals surface area contributed by atoms with Gasteiger partial charge in [-0.2, -0.15) is 0 Å². The molecule has 0 spiro atoms. The van der Waals surface area contributed by atoms with Crippen LogP contribution in [0.15, 0.2) is 78.0 Å². The number of fused-ring (bicyclic) bond motifs is 1. The maximum Gasteiger partial charge on any atom is 0.254 e. The fourth-order valence-corrected chi connectivity index (χ4v) is 3.40. The largest absolute Gasteiger partial charge is 0.370 e. The van der Waals surface area contributed by atoms with Crippen molar-refractivity contribution in [1.82, 2.24) is 9.55 Å². The maximum absolute atomic E-state index is 13.4. The number of nitrogens with two attached hydrogens (primary N) is 1. The zero-order chi connectivity index (χ0) is 21.3. The number of carbonyl (C=O) groups is 1. The van der Waals surface area contributed by atoms with E-state index in [1.54, 1.807) is 35.2 Å². The van der Waals surface area contributed by atoms with Gasteiger partial charge in [-0.05, 0) is 60.2 Å². The van der Waals surface area contributed by atoms with Crippen molar-refractivity contribution in [2.75, 3.05) is 11.9 Å². The number of aromatic nitrogens is 2. The highest BCUT2D eigenvalue weighted by Gasteiger charge is 2.15. The number of benzene rings is 2. The number of rotatable bonds is 5. The summed E-state index contributed by atoms with van der Waals surface area (Å²) in [5.74, 6) is -1.19. The molecule has 0 atom stereocenters. The summed E-state index contributed by atoms with van der Waals surface area (Å²) in [6, 6.07) is 15.1. The second kappa shape index (κ2) is 7.79. The van der Waals surface area contributed by atoms with Gasteiger partial charge in [-0.1, -0.05) is 0 Å². The molecule has 4 aromatic rings. The molecule has 2 heterocycles. The molecule has 6 nitrogen and oxygen atoms in total. The van der Waals surface area contributed by atoms with Gasteiger partial charge in [-0.15, -0.1) is 0 Å². The van der Waals surface area contributed by atoms with E-state index in [2.05, 4.69) is 4.98 Å². The average Bonchev–Trinajstić information content (AvgIpc) is 2.75. The highest BCUT2D eigenvalue weighted by atomic mass is 19.1. The van der Waals surface area contributed by atoms with Crippen LogP contribution in [0.2, 0.25) is 0 Å². The number of halogens is 1. The van der Waals surface area contributed by atoms with E-state index < -0.39 is 11.3 Å². The van der Waals surface area contributed by atoms with Gasteiger partial charge in [0.15, 0.2) is 0 Å². The van der Waals surface area contributed by atoms with E-state index in [1.807, 2.05) is 36.2 Å². The molecule has 2 aromatic carbocycles. The third-order valence-corrected chi connectivity index (χ3v) is 4.97. The molecule has 0 fully saturated rings. The monoisotopic (exact) mass is 402 g/mol. The summed E-state index contributed by atoms with van der Waals surface area (Å²) in [5, 5.41) is 0.356. The smallest absolute Gasteiger partial charge is 0.254 e. The molecule has 0 radical (unpaired) electrons. The van der Waals surface area contributed by atoms with Gasteiger partial charge < -0.3 is 15.2 Å². The summed E-state index contributed by atoms with van der Waals surface area (Å²) < 4.78 is 15.0. The summed E-state index contributed by atoms with van der Waals surface area (Å²) in [5.41, 5.74) is 7.98. The summed E-state index contributed by atoms with van der Waals surface area (Å²) >= 11 is 0. The Labute approximate surface area is 172 Å². The Hall–Kier alpha value is -4.00. The Morgan fingerprint density at radius 3 is 2.47 bits per heavy atom. The molecule has 150 valence electrons. The molecule has 30 heavy (non-hydrogen) atoms. The lowest BCUT2D eigenvalue weighted by Crippen LogP contribution is -2.24. The fourth-order valence-electron chi connectivity index (χ4n) is 3.40. The molecule has 7 heteroatoms. The lowest BCUT2D eigenvalue weighted by molar-refractivity contribution is 0.0999. The predicted octanol–water partition coefficient (Wildman–Crippen LogP) is 3.26. The summed E-state index contributed by atoms with van der Waals surface area (Å²) in [6.07, 6.45) is 4.86. The Bertz CT molecular complexity index is 1280. The zero-order valence-electron chi connectivity index (χ0n) is 16.2. The van der Waals surface area contributed by atoms with E-state index >= 15 is 0 Å². The van der Waals surface area contributed by atoms with Crippen molar-refractivity contribution in [2.24, 2.45) is 5.73 Å². The number of pyridine rings is 2. The first-order valence-corrected chi connectivity index (χ1v) is 9.29. The second-order valence-electron chi connectivity index (χ2n) is 7.00. The van der Waals surface area contributed by atoms with Gasteiger partial charge in [0.05, 0.1) is 5.52 Å². The first-order valence-electron chi connectivity index (χ1n) is 9.29. The van der Waals surface area contributed by atoms with Gasteiger partial charge in [-0.25, -0.2) is 4.39 Å². The zero-order valence-corrected chi connectivity index (χ0v) is 16.2. The molecular weight excluding hydrogens is 383 g/mol. The van der Waals surface area contributed by atoms with Crippen molar-refractivity contribution in [1.29, 1.82) is 0 Å². The lowest BCUT2D eigenvalue weighted by atomic mass is 10.1. The van der Waals surface area contributed by atoms with Crippen LogP contribution in [0.4, 0.5) is 10.1 Å². The Balaban J connectivity index is 1.86. The SMILES string of the molecule is CN(Cc1ccncc1)c1ccc2c(c1)c(=O)c(C(N)=O)cn2-c1ccc(F)cc1. The van der Waals surface area contributed by atoms with Gasteiger partial charge >= 0.3 is 0 Å². The van der Waals surface area contributed by atoms with E-state index in [9.17, 15) is 14.0 Å². The first-order chi connectivity index (χ1) is 14.4. The van der Waals surface area contributed by atoms with Crippen LogP contribution < -0.4 is 16.1 Å². The van der Waals surface area contributed by atoms with Crippen molar-refractivity contribution in [3.05, 3.63) is 100 Å². The molecule has 4 rings (SSSR count). The molecule has 0 saturated heterocycles. The lowest BCUT2D eigenvalue weighted by Gasteiger charge is -2.21. The van der Waals surface area contributed by atoms with E-state index in [1.165, 1.54) is 18.3 Å². The number of hydrogen-bond donors (Lipinski definition) is 1. The fraction of sp³-hybridized carbons (Fsp3) is 0.0870. The normalized spacial score (nSPS) is 10.9. The second-order valence-corrected chi connectivity index (χ2v) is 7.00. The minimum absolute atomic E-state index is 0.124. The highest BCUT2D eigenvalue weighted by Crippen LogP contribution is 2.24. The standard InChI is InChI=1S/C23H19FN4O2/c1-27(13-15-8-10-26-11-9-15)18-6-7-21-19(12-18)22(29)20(23(25)30)14-28(21)17-4-2-16(24)3-5-17/h2-12,14H,13H2,1H3,(H2,25,30). The van der Waals surface area contributed by atoms with Crippen molar-refractivity contribution in [3.63, 3.8) is 0 Å². The van der Waals surface area contributed by atoms with E-state index in [0.717, 1.165) is 11.3 Å². The number of nitrogens with zero attached hydrogens (tertiary/aromatic N) is 3. The molecule has 0 aliphatic carbocycles. The summed E-state index contributed by atoms with van der Waals surface area (Å²) in [6.45, 7) is 0.621. The van der Waals surface area contributed by atoms with Gasteiger partial charge in [-0.3, -0.25) is 14.6 Å². The van der Waals surface area contributed by atoms with Crippen LogP contribution in [0.3, 0.4) is 0 Å². The first kappa shape index (κ1) is 19.3. The average molecular weight is 402 g/mol. The number of amides is 1. The molecule has 0 unspecified atom stereocenters. The van der Waals surface area contributed by atoms with Crippen LogP contribution in [0, 0.1) is 5.82 Å². The summed E-state index contributed by atoms with van der Waals surface area (Å²) in [4.78, 5) is 30.8. The molecule has 2 N–H and O–H groups in total. The number of carbonyl (C=O) groups excluding carboxylic acids is 1. The van der Waals surface area contributed by atoms with Crippen LogP contribution in [-0.4, -0.2) is 22.5 Å². The maximum atomic E-state index is 13.4. The van der Waals surface area contributed by atoms with Crippen molar-refractivity contribution in [3.8, 4) is 5.69 Å². The van der Waals surface area contributed by atoms with Crippen LogP contribution in [0.1, 0.15) is 15.9 Å². The van der Waals surface area contributed by atoms with E-state index in [0.29, 0.717) is 23.1 Å². The molecule has 1 amide bonds. The molecule has 0 aliphatic rings. The van der Waals surface area contributed by atoms with Crippen LogP contribution in [0.25, 0.3) is 16.6 Å². The van der Waals surface area contributed by atoms with Crippen LogP contribution in [0.5, 0.6) is 0 Å². The van der Waals surface area contributed by atoms with Crippen molar-refractivity contribution >= 4 is 22.5 Å². The number of hydrogen-bond acceptors (Lipinski definition) is 4. The Kier molecular flexibility index (Phi) is 5.02. The Morgan fingerprint density at radius 1 is 1.10 bits per heavy atom. The number of primary amides is 1. The molecule has 0 bridgehead atoms. The van der Waals surface area contributed by atoms with Crippen molar-refractivity contribution < 1.29 is 9.18 Å². The van der Waals surface area contributed by atoms with Crippen molar-refractivity contribution in [2.45, 2.75) is 6.54 Å². The number of anilines is 1. The predicted molar refractivity (Wildman–Crippen MR) is 114 cm³/mol. The highest BCUT2D eigenvalue weighted by molar-refractivity contribution is 5.97. The van der Waals surface area contributed by atoms with Crippen LogP contribution >= 0.6 is 0 Å². The van der Waals surface area contributed by atoms with E-state index in [-0.39, 0.29) is 11.4 Å². The van der Waals surface area contributed by atoms with Crippen LogP contribution in [-0.2, 0) is 6.54 Å². The third kappa shape index (κ3) is 3.65. The molecule has 2 aromatic heterocycles. The molecular formula is C23H19FN4O2. The minimum atomic E-state index is -0.812. The third-order valence-electron chi connectivity index (χ3n) is 4.97. The quantitative estimate of drug-likeness (QED) is 0.556. The van der Waals surface area contributed by atoms with Gasteiger partial charge in [0.2, 0.25) is 5.43 Å². The Morgan fingerprint density at radius 2 is 1.80 bits per heavy atom. The van der Waals surface area contributed by atoms with Gasteiger partial charge in [0, 0.05) is 48.9 Å². The van der Waals surface area contributed by atoms with E-state index in [4.69, 9.17) is 5.73 Å². The van der Waals surface area contributed by atoms with Gasteiger partial charge in [0.1, 0.15) is 11.4 Å². The molecule has 0 saturated carbocycles. The molecule has 0 aliphatic heterocycles. The minimum Gasteiger partial charge on any atom is -0.370 e. The summed E-state index contributed by atoms with van der Waals surface area (Å²) in [7, 11) is 1.91. The van der Waals surface area contributed by atoms with Gasteiger partial charge in [0.25, 0.3) is 5.91 Å². The topological polar surface area (TPSA) is 81.2 Å².